The minimum Gasteiger partial charge on any atom is -0.324 e. The molecule has 0 amide bonds. The number of rotatable bonds is 4. The average molecular weight is 195 g/mol. The van der Waals surface area contributed by atoms with Gasteiger partial charge in [-0.1, -0.05) is 31.9 Å². The van der Waals surface area contributed by atoms with Crippen LogP contribution in [0.2, 0.25) is 0 Å². The number of unbranched alkanes of at least 4 members (excludes halogenated alkanes) is 1. The van der Waals surface area contributed by atoms with Crippen molar-refractivity contribution in [1.82, 2.24) is 0 Å². The lowest BCUT2D eigenvalue weighted by Crippen LogP contribution is -2.12. The van der Waals surface area contributed by atoms with E-state index in [4.69, 9.17) is 5.73 Å². The van der Waals surface area contributed by atoms with Gasteiger partial charge in [0.25, 0.3) is 0 Å². The zero-order valence-electron chi connectivity index (χ0n) is 8.89. The van der Waals surface area contributed by atoms with Gasteiger partial charge in [-0.2, -0.15) is 0 Å². The molecule has 14 heavy (non-hydrogen) atoms. The molecule has 0 fully saturated rings. The van der Waals surface area contributed by atoms with E-state index in [0.717, 1.165) is 24.8 Å². The van der Waals surface area contributed by atoms with E-state index in [2.05, 4.69) is 6.92 Å². The summed E-state index contributed by atoms with van der Waals surface area (Å²) in [7, 11) is 0. The molecule has 0 aliphatic carbocycles. The Labute approximate surface area is 85.1 Å². The molecule has 1 rings (SSSR count). The summed E-state index contributed by atoms with van der Waals surface area (Å²) in [5, 5.41) is 0. The van der Waals surface area contributed by atoms with Crippen molar-refractivity contribution in [1.29, 1.82) is 0 Å². The van der Waals surface area contributed by atoms with E-state index in [1.54, 1.807) is 13.0 Å². The van der Waals surface area contributed by atoms with E-state index in [-0.39, 0.29) is 11.9 Å². The van der Waals surface area contributed by atoms with Crippen molar-refractivity contribution in [2.45, 2.75) is 39.2 Å². The first-order valence-corrected chi connectivity index (χ1v) is 5.17. The quantitative estimate of drug-likeness (QED) is 0.783. The van der Waals surface area contributed by atoms with Crippen LogP contribution in [0.5, 0.6) is 0 Å². The molecule has 1 aromatic carbocycles. The van der Waals surface area contributed by atoms with Crippen molar-refractivity contribution >= 4 is 0 Å². The molecule has 0 radical (unpaired) electrons. The minimum atomic E-state index is -0.158. The third-order valence-electron chi connectivity index (χ3n) is 2.58. The third-order valence-corrected chi connectivity index (χ3v) is 2.58. The van der Waals surface area contributed by atoms with Gasteiger partial charge in [-0.15, -0.1) is 0 Å². The van der Waals surface area contributed by atoms with E-state index < -0.39 is 0 Å². The van der Waals surface area contributed by atoms with Crippen LogP contribution in [0.1, 0.15) is 43.4 Å². The molecule has 0 aromatic heterocycles. The Hall–Kier alpha value is -0.890. The van der Waals surface area contributed by atoms with Gasteiger partial charge in [0.15, 0.2) is 0 Å². The molecule has 78 valence electrons. The highest BCUT2D eigenvalue weighted by molar-refractivity contribution is 5.29. The van der Waals surface area contributed by atoms with Gasteiger partial charge in [-0.3, -0.25) is 0 Å². The van der Waals surface area contributed by atoms with Crippen LogP contribution in [-0.4, -0.2) is 0 Å². The summed E-state index contributed by atoms with van der Waals surface area (Å²) < 4.78 is 13.2. The molecule has 0 saturated carbocycles. The van der Waals surface area contributed by atoms with Crippen LogP contribution >= 0.6 is 0 Å². The molecule has 2 N–H and O–H groups in total. The summed E-state index contributed by atoms with van der Waals surface area (Å²) in [4.78, 5) is 0. The van der Waals surface area contributed by atoms with Gasteiger partial charge in [-0.25, -0.2) is 4.39 Å². The number of halogens is 1. The van der Waals surface area contributed by atoms with Gasteiger partial charge in [0, 0.05) is 6.04 Å². The van der Waals surface area contributed by atoms with Crippen LogP contribution in [0.15, 0.2) is 18.2 Å². The van der Waals surface area contributed by atoms with E-state index in [1.807, 2.05) is 6.07 Å². The second-order valence-electron chi connectivity index (χ2n) is 3.70. The Balaban J connectivity index is 2.79. The van der Waals surface area contributed by atoms with Crippen LogP contribution in [-0.2, 0) is 0 Å². The fourth-order valence-corrected chi connectivity index (χ4v) is 1.61. The molecule has 0 heterocycles. The smallest absolute Gasteiger partial charge is 0.126 e. The highest BCUT2D eigenvalue weighted by Gasteiger charge is 2.10. The van der Waals surface area contributed by atoms with Crippen LogP contribution in [0, 0.1) is 12.7 Å². The van der Waals surface area contributed by atoms with Gasteiger partial charge in [0.05, 0.1) is 0 Å². The monoisotopic (exact) mass is 195 g/mol. The predicted molar refractivity (Wildman–Crippen MR) is 57.6 cm³/mol. The Kier molecular flexibility index (Phi) is 4.08. The summed E-state index contributed by atoms with van der Waals surface area (Å²) in [6.07, 6.45) is 3.15. The highest BCUT2D eigenvalue weighted by Crippen LogP contribution is 2.21. The third kappa shape index (κ3) is 2.55. The lowest BCUT2D eigenvalue weighted by atomic mass is 9.97. The van der Waals surface area contributed by atoms with Crippen molar-refractivity contribution < 1.29 is 4.39 Å². The van der Waals surface area contributed by atoms with Crippen molar-refractivity contribution in [3.8, 4) is 0 Å². The van der Waals surface area contributed by atoms with E-state index in [1.165, 1.54) is 6.07 Å². The Morgan fingerprint density at radius 1 is 1.43 bits per heavy atom. The SMILES string of the molecule is CCCC[C@H](N)c1cccc(F)c1C. The van der Waals surface area contributed by atoms with Crippen LogP contribution in [0.25, 0.3) is 0 Å². The standard InChI is InChI=1S/C12H18FN/c1-3-4-8-12(14)10-6-5-7-11(13)9(10)2/h5-7,12H,3-4,8,14H2,1-2H3/t12-/m0/s1. The second-order valence-corrected chi connectivity index (χ2v) is 3.70. The van der Waals surface area contributed by atoms with Gasteiger partial charge in [0.1, 0.15) is 5.82 Å². The maximum absolute atomic E-state index is 13.2. The molecule has 0 aliphatic rings. The molecule has 1 nitrogen and oxygen atoms in total. The van der Waals surface area contributed by atoms with Gasteiger partial charge in [-0.05, 0) is 30.5 Å². The number of hydrogen-bond donors (Lipinski definition) is 1. The van der Waals surface area contributed by atoms with E-state index >= 15 is 0 Å². The zero-order chi connectivity index (χ0) is 10.6. The normalized spacial score (nSPS) is 12.9. The largest absolute Gasteiger partial charge is 0.324 e. The molecular formula is C12H18FN. The van der Waals surface area contributed by atoms with Crippen LogP contribution < -0.4 is 5.73 Å². The first-order valence-electron chi connectivity index (χ1n) is 5.17. The summed E-state index contributed by atoms with van der Waals surface area (Å²) >= 11 is 0. The summed E-state index contributed by atoms with van der Waals surface area (Å²) in [5.74, 6) is -0.158. The fourth-order valence-electron chi connectivity index (χ4n) is 1.61. The first kappa shape index (κ1) is 11.2. The molecule has 2 heteroatoms. The zero-order valence-corrected chi connectivity index (χ0v) is 8.89. The minimum absolute atomic E-state index is 0.0225. The lowest BCUT2D eigenvalue weighted by molar-refractivity contribution is 0.580. The summed E-state index contributed by atoms with van der Waals surface area (Å²) in [6, 6.07) is 5.10. The molecule has 0 spiro atoms. The van der Waals surface area contributed by atoms with E-state index in [9.17, 15) is 4.39 Å². The summed E-state index contributed by atoms with van der Waals surface area (Å²) in [5.41, 5.74) is 7.62. The molecule has 0 bridgehead atoms. The first-order chi connectivity index (χ1) is 6.66. The number of benzene rings is 1. The number of hydrogen-bond acceptors (Lipinski definition) is 1. The summed E-state index contributed by atoms with van der Waals surface area (Å²) in [6.45, 7) is 3.92. The maximum Gasteiger partial charge on any atom is 0.126 e. The van der Waals surface area contributed by atoms with E-state index in [0.29, 0.717) is 5.56 Å². The molecular weight excluding hydrogens is 177 g/mol. The Morgan fingerprint density at radius 3 is 2.79 bits per heavy atom. The highest BCUT2D eigenvalue weighted by atomic mass is 19.1. The van der Waals surface area contributed by atoms with Gasteiger partial charge in [0.2, 0.25) is 0 Å². The van der Waals surface area contributed by atoms with Crippen LogP contribution in [0.4, 0.5) is 4.39 Å². The van der Waals surface area contributed by atoms with Crippen molar-refractivity contribution in [3.63, 3.8) is 0 Å². The predicted octanol–water partition coefficient (Wildman–Crippen LogP) is 3.32. The molecule has 1 aromatic rings. The second kappa shape index (κ2) is 5.11. The molecule has 1 atom stereocenters. The van der Waals surface area contributed by atoms with Gasteiger partial charge >= 0.3 is 0 Å². The Morgan fingerprint density at radius 2 is 2.14 bits per heavy atom. The number of nitrogens with two attached hydrogens (primary N) is 1. The topological polar surface area (TPSA) is 26.0 Å². The van der Waals surface area contributed by atoms with Crippen molar-refractivity contribution in [2.75, 3.05) is 0 Å². The van der Waals surface area contributed by atoms with Crippen molar-refractivity contribution in [3.05, 3.63) is 35.1 Å². The molecule has 0 unspecified atom stereocenters. The average Bonchev–Trinajstić information content (AvgIpc) is 2.18. The maximum atomic E-state index is 13.2. The lowest BCUT2D eigenvalue weighted by Gasteiger charge is -2.14. The van der Waals surface area contributed by atoms with Gasteiger partial charge < -0.3 is 5.73 Å². The fraction of sp³-hybridized carbons (Fsp3) is 0.500. The molecule has 0 saturated heterocycles. The molecule has 0 aliphatic heterocycles. The Bertz CT molecular complexity index is 296. The van der Waals surface area contributed by atoms with Crippen LogP contribution in [0.3, 0.4) is 0 Å². The van der Waals surface area contributed by atoms with Crippen molar-refractivity contribution in [2.24, 2.45) is 5.73 Å².